The van der Waals surface area contributed by atoms with Gasteiger partial charge in [-0.15, -0.1) is 0 Å². The summed E-state index contributed by atoms with van der Waals surface area (Å²) >= 11 is 0. The fourth-order valence-electron chi connectivity index (χ4n) is 2.52. The molecule has 1 amide bonds. The number of nitrogens with one attached hydrogen (secondary N) is 1. The van der Waals surface area contributed by atoms with E-state index in [9.17, 15) is 4.79 Å². The summed E-state index contributed by atoms with van der Waals surface area (Å²) in [6, 6.07) is 0. The van der Waals surface area contributed by atoms with Gasteiger partial charge in [0.2, 0.25) is 0 Å². The molecule has 1 heterocycles. The normalized spacial score (nSPS) is 20.8. The van der Waals surface area contributed by atoms with Crippen molar-refractivity contribution in [2.24, 2.45) is 11.8 Å². The van der Waals surface area contributed by atoms with Crippen molar-refractivity contribution in [2.75, 3.05) is 26.2 Å². The van der Waals surface area contributed by atoms with Crippen molar-refractivity contribution in [1.29, 1.82) is 0 Å². The highest BCUT2D eigenvalue weighted by atomic mass is 16.6. The molecule has 0 aliphatic carbocycles. The van der Waals surface area contributed by atoms with Gasteiger partial charge in [0.25, 0.3) is 0 Å². The molecule has 1 rings (SSSR count). The number of hydrogen-bond donors (Lipinski definition) is 1. The van der Waals surface area contributed by atoms with Gasteiger partial charge in [0.05, 0.1) is 0 Å². The highest BCUT2D eigenvalue weighted by Gasteiger charge is 2.23. The summed E-state index contributed by atoms with van der Waals surface area (Å²) in [5.74, 6) is 1.45. The van der Waals surface area contributed by atoms with Crippen LogP contribution in [0.25, 0.3) is 0 Å². The van der Waals surface area contributed by atoms with Gasteiger partial charge in [-0.1, -0.05) is 13.8 Å². The van der Waals surface area contributed by atoms with E-state index in [1.807, 2.05) is 20.8 Å². The highest BCUT2D eigenvalue weighted by molar-refractivity contribution is 5.67. The minimum atomic E-state index is -0.411. The molecule has 4 nitrogen and oxygen atoms in total. The fraction of sp³-hybridized carbons (Fsp3) is 0.933. The number of nitrogens with zero attached hydrogens (tertiary/aromatic N) is 1. The monoisotopic (exact) mass is 270 g/mol. The minimum Gasteiger partial charge on any atom is -0.444 e. The van der Waals surface area contributed by atoms with Gasteiger partial charge in [0, 0.05) is 19.6 Å². The van der Waals surface area contributed by atoms with Crippen molar-refractivity contribution in [3.05, 3.63) is 0 Å². The van der Waals surface area contributed by atoms with Crippen molar-refractivity contribution < 1.29 is 9.53 Å². The molecule has 0 saturated carbocycles. The molecule has 1 aliphatic rings. The maximum Gasteiger partial charge on any atom is 0.407 e. The molecule has 1 saturated heterocycles. The molecule has 19 heavy (non-hydrogen) atoms. The molecule has 0 bridgehead atoms. The van der Waals surface area contributed by atoms with Crippen LogP contribution in [0.15, 0.2) is 0 Å². The topological polar surface area (TPSA) is 41.6 Å². The van der Waals surface area contributed by atoms with Crippen LogP contribution in [0.4, 0.5) is 4.79 Å². The van der Waals surface area contributed by atoms with Gasteiger partial charge in [0.1, 0.15) is 5.60 Å². The lowest BCUT2D eigenvalue weighted by atomic mass is 10.1. The van der Waals surface area contributed by atoms with Gasteiger partial charge >= 0.3 is 6.09 Å². The Hall–Kier alpha value is -0.770. The second-order valence-corrected chi connectivity index (χ2v) is 7.03. The first-order valence-electron chi connectivity index (χ1n) is 7.45. The Morgan fingerprint density at radius 3 is 2.68 bits per heavy atom. The molecule has 0 aromatic carbocycles. The first-order valence-corrected chi connectivity index (χ1v) is 7.45. The largest absolute Gasteiger partial charge is 0.444 e. The Kier molecular flexibility index (Phi) is 6.11. The molecule has 112 valence electrons. The lowest BCUT2D eigenvalue weighted by Gasteiger charge is -2.20. The van der Waals surface area contributed by atoms with Gasteiger partial charge in [-0.2, -0.15) is 0 Å². The molecule has 0 spiro atoms. The molecule has 4 heteroatoms. The van der Waals surface area contributed by atoms with E-state index in [1.54, 1.807) is 0 Å². The number of likely N-dealkylation sites (tertiary alicyclic amines) is 1. The first-order chi connectivity index (χ1) is 8.76. The van der Waals surface area contributed by atoms with E-state index < -0.39 is 5.60 Å². The highest BCUT2D eigenvalue weighted by Crippen LogP contribution is 2.20. The summed E-state index contributed by atoms with van der Waals surface area (Å²) in [7, 11) is 0. The van der Waals surface area contributed by atoms with Crippen LogP contribution in [-0.4, -0.2) is 42.8 Å². The number of ether oxygens (including phenoxy) is 1. The Morgan fingerprint density at radius 1 is 1.42 bits per heavy atom. The standard InChI is InChI=1S/C15H30N2O2/c1-12(2)10-17-9-7-13(11-17)6-8-16-14(18)19-15(3,4)5/h12-13H,6-11H2,1-5H3,(H,16,18). The number of amides is 1. The third kappa shape index (κ3) is 7.41. The number of hydrogen-bond acceptors (Lipinski definition) is 3. The van der Waals surface area contributed by atoms with Crippen molar-refractivity contribution >= 4 is 6.09 Å². The third-order valence-corrected chi connectivity index (χ3v) is 3.21. The Morgan fingerprint density at radius 2 is 2.11 bits per heavy atom. The fourth-order valence-corrected chi connectivity index (χ4v) is 2.52. The predicted molar refractivity (Wildman–Crippen MR) is 78.2 cm³/mol. The van der Waals surface area contributed by atoms with Gasteiger partial charge in [-0.3, -0.25) is 0 Å². The first kappa shape index (κ1) is 16.3. The van der Waals surface area contributed by atoms with E-state index in [0.717, 1.165) is 18.9 Å². The number of carbonyl (C=O) groups excluding carboxylic acids is 1. The molecular formula is C15H30N2O2. The smallest absolute Gasteiger partial charge is 0.407 e. The molecule has 1 unspecified atom stereocenters. The maximum absolute atomic E-state index is 11.5. The van der Waals surface area contributed by atoms with Crippen LogP contribution >= 0.6 is 0 Å². The Bertz CT molecular complexity index is 284. The lowest BCUT2D eigenvalue weighted by Crippen LogP contribution is -2.33. The average molecular weight is 270 g/mol. The van der Waals surface area contributed by atoms with E-state index >= 15 is 0 Å². The van der Waals surface area contributed by atoms with Gasteiger partial charge in [-0.05, 0) is 52.0 Å². The van der Waals surface area contributed by atoms with Crippen molar-refractivity contribution in [3.8, 4) is 0 Å². The van der Waals surface area contributed by atoms with Crippen molar-refractivity contribution in [1.82, 2.24) is 10.2 Å². The molecule has 0 aromatic heterocycles. The van der Waals surface area contributed by atoms with E-state index in [2.05, 4.69) is 24.1 Å². The van der Waals surface area contributed by atoms with E-state index in [4.69, 9.17) is 4.74 Å². The second-order valence-electron chi connectivity index (χ2n) is 7.03. The zero-order valence-electron chi connectivity index (χ0n) is 13.2. The van der Waals surface area contributed by atoms with E-state index in [0.29, 0.717) is 5.92 Å². The maximum atomic E-state index is 11.5. The molecule has 1 N–H and O–H groups in total. The third-order valence-electron chi connectivity index (χ3n) is 3.21. The number of carbonyl (C=O) groups is 1. The van der Waals surface area contributed by atoms with Gasteiger partial charge in [0.15, 0.2) is 0 Å². The Labute approximate surface area is 117 Å². The van der Waals surface area contributed by atoms with Crippen LogP contribution in [-0.2, 0) is 4.74 Å². The molecule has 0 radical (unpaired) electrons. The zero-order valence-corrected chi connectivity index (χ0v) is 13.2. The van der Waals surface area contributed by atoms with Crippen LogP contribution in [0.2, 0.25) is 0 Å². The summed E-state index contributed by atoms with van der Waals surface area (Å²) in [6.07, 6.45) is 2.00. The summed E-state index contributed by atoms with van der Waals surface area (Å²) in [4.78, 5) is 14.0. The molecule has 1 fully saturated rings. The molecule has 1 atom stereocenters. The van der Waals surface area contributed by atoms with Gasteiger partial charge < -0.3 is 15.0 Å². The minimum absolute atomic E-state index is 0.301. The van der Waals surface area contributed by atoms with Crippen LogP contribution in [0.5, 0.6) is 0 Å². The van der Waals surface area contributed by atoms with Crippen LogP contribution in [0.1, 0.15) is 47.5 Å². The number of alkyl carbamates (subject to hydrolysis) is 1. The van der Waals surface area contributed by atoms with Crippen LogP contribution in [0, 0.1) is 11.8 Å². The second kappa shape index (κ2) is 7.13. The summed E-state index contributed by atoms with van der Waals surface area (Å²) in [5, 5.41) is 2.84. The Balaban J connectivity index is 2.12. The zero-order chi connectivity index (χ0) is 14.5. The SMILES string of the molecule is CC(C)CN1CCC(CCNC(=O)OC(C)(C)C)C1. The van der Waals surface area contributed by atoms with Crippen LogP contribution < -0.4 is 5.32 Å². The van der Waals surface area contributed by atoms with Crippen LogP contribution in [0.3, 0.4) is 0 Å². The summed E-state index contributed by atoms with van der Waals surface area (Å²) in [6.45, 7) is 14.5. The average Bonchev–Trinajstić information content (AvgIpc) is 2.61. The summed E-state index contributed by atoms with van der Waals surface area (Å²) in [5.41, 5.74) is -0.411. The quantitative estimate of drug-likeness (QED) is 0.835. The van der Waals surface area contributed by atoms with E-state index in [-0.39, 0.29) is 6.09 Å². The van der Waals surface area contributed by atoms with Crippen molar-refractivity contribution in [3.63, 3.8) is 0 Å². The number of rotatable bonds is 5. The predicted octanol–water partition coefficient (Wildman–Crippen LogP) is 2.88. The molecular weight excluding hydrogens is 240 g/mol. The van der Waals surface area contributed by atoms with Crippen molar-refractivity contribution in [2.45, 2.75) is 53.1 Å². The lowest BCUT2D eigenvalue weighted by molar-refractivity contribution is 0.0525. The van der Waals surface area contributed by atoms with E-state index in [1.165, 1.54) is 26.1 Å². The molecule has 1 aliphatic heterocycles. The van der Waals surface area contributed by atoms with Gasteiger partial charge in [-0.25, -0.2) is 4.79 Å². The molecule has 0 aromatic rings. The summed E-state index contributed by atoms with van der Waals surface area (Å²) < 4.78 is 5.22.